The molecule has 2 N–H and O–H groups in total. The number of carbonyl (C=O) groups is 1. The first-order valence-corrected chi connectivity index (χ1v) is 6.31. The molecule has 0 radical (unpaired) electrons. The van der Waals surface area contributed by atoms with Gasteiger partial charge in [0.1, 0.15) is 5.69 Å². The van der Waals surface area contributed by atoms with Gasteiger partial charge in [0.05, 0.1) is 11.5 Å². The van der Waals surface area contributed by atoms with Crippen molar-refractivity contribution in [1.29, 1.82) is 0 Å². The zero-order valence-corrected chi connectivity index (χ0v) is 11.8. The van der Waals surface area contributed by atoms with Gasteiger partial charge in [-0.05, 0) is 26.0 Å². The summed E-state index contributed by atoms with van der Waals surface area (Å²) in [5, 5.41) is 16.6. The van der Waals surface area contributed by atoms with Crippen molar-refractivity contribution in [1.82, 2.24) is 5.32 Å². The Kier molecular flexibility index (Phi) is 5.92. The average molecular weight is 281 g/mol. The van der Waals surface area contributed by atoms with E-state index in [4.69, 9.17) is 4.74 Å². The Bertz CT molecular complexity index is 491. The highest BCUT2D eigenvalue weighted by molar-refractivity contribution is 5.95. The highest BCUT2D eigenvalue weighted by Crippen LogP contribution is 2.25. The quantitative estimate of drug-likeness (QED) is 0.587. The molecular weight excluding hydrogens is 262 g/mol. The van der Waals surface area contributed by atoms with Crippen molar-refractivity contribution in [2.24, 2.45) is 0 Å². The van der Waals surface area contributed by atoms with Crippen molar-refractivity contribution >= 4 is 17.3 Å². The Labute approximate surface area is 117 Å². The minimum absolute atomic E-state index is 0.112. The Hall–Kier alpha value is -2.15. The van der Waals surface area contributed by atoms with E-state index in [-0.39, 0.29) is 23.2 Å². The van der Waals surface area contributed by atoms with Crippen LogP contribution in [0, 0.1) is 10.1 Å². The number of hydrogen-bond acceptors (Lipinski definition) is 5. The van der Waals surface area contributed by atoms with Gasteiger partial charge in [-0.25, -0.2) is 0 Å². The van der Waals surface area contributed by atoms with E-state index in [0.717, 1.165) is 0 Å². The number of ether oxygens (including phenoxy) is 1. The Morgan fingerprint density at radius 2 is 2.20 bits per heavy atom. The summed E-state index contributed by atoms with van der Waals surface area (Å²) in [5.41, 5.74) is 0.541. The van der Waals surface area contributed by atoms with Crippen molar-refractivity contribution in [3.05, 3.63) is 33.9 Å². The molecule has 0 heterocycles. The minimum Gasteiger partial charge on any atom is -0.383 e. The molecule has 0 aromatic heterocycles. The summed E-state index contributed by atoms with van der Waals surface area (Å²) in [6, 6.07) is 4.20. The lowest BCUT2D eigenvalue weighted by Gasteiger charge is -2.13. The fourth-order valence-electron chi connectivity index (χ4n) is 1.76. The number of anilines is 1. The molecule has 7 heteroatoms. The number of hydrogen-bond donors (Lipinski definition) is 2. The predicted octanol–water partition coefficient (Wildman–Crippen LogP) is 1.79. The third-order valence-electron chi connectivity index (χ3n) is 2.62. The third kappa shape index (κ3) is 4.20. The second kappa shape index (κ2) is 7.44. The molecule has 20 heavy (non-hydrogen) atoms. The second-order valence-electron chi connectivity index (χ2n) is 4.35. The van der Waals surface area contributed by atoms with Gasteiger partial charge in [0.2, 0.25) is 0 Å². The molecule has 0 saturated heterocycles. The minimum atomic E-state index is -0.507. The van der Waals surface area contributed by atoms with Crippen LogP contribution in [0.2, 0.25) is 0 Å². The molecule has 0 bridgehead atoms. The van der Waals surface area contributed by atoms with Gasteiger partial charge in [-0.2, -0.15) is 0 Å². The van der Waals surface area contributed by atoms with Crippen LogP contribution < -0.4 is 10.6 Å². The van der Waals surface area contributed by atoms with E-state index in [9.17, 15) is 14.9 Å². The van der Waals surface area contributed by atoms with Crippen LogP contribution in [0.15, 0.2) is 18.2 Å². The summed E-state index contributed by atoms with van der Waals surface area (Å²) in [6.07, 6.45) is 0. The lowest BCUT2D eigenvalue weighted by molar-refractivity contribution is -0.384. The molecule has 1 unspecified atom stereocenters. The second-order valence-corrected chi connectivity index (χ2v) is 4.35. The van der Waals surface area contributed by atoms with Crippen LogP contribution in [-0.4, -0.2) is 37.1 Å². The lowest BCUT2D eigenvalue weighted by atomic mass is 10.1. The Morgan fingerprint density at radius 1 is 1.50 bits per heavy atom. The number of benzene rings is 1. The first-order valence-electron chi connectivity index (χ1n) is 6.31. The van der Waals surface area contributed by atoms with E-state index in [0.29, 0.717) is 18.8 Å². The zero-order valence-electron chi connectivity index (χ0n) is 11.8. The van der Waals surface area contributed by atoms with Gasteiger partial charge in [0.25, 0.3) is 11.6 Å². The number of nitrogens with zero attached hydrogens (tertiary/aromatic N) is 1. The predicted molar refractivity (Wildman–Crippen MR) is 76.1 cm³/mol. The summed E-state index contributed by atoms with van der Waals surface area (Å²) in [5.74, 6) is -0.360. The SMILES string of the molecule is CCNc1ccc(C(=O)NC(C)COC)cc1[N+](=O)[O-]. The third-order valence-corrected chi connectivity index (χ3v) is 2.62. The molecule has 0 spiro atoms. The Balaban J connectivity index is 2.93. The molecule has 1 atom stereocenters. The maximum Gasteiger partial charge on any atom is 0.293 e. The summed E-state index contributed by atoms with van der Waals surface area (Å²) in [7, 11) is 1.54. The molecule has 0 fully saturated rings. The van der Waals surface area contributed by atoms with Gasteiger partial charge in [-0.1, -0.05) is 0 Å². The maximum atomic E-state index is 12.0. The molecular formula is C13H19N3O4. The van der Waals surface area contributed by atoms with E-state index in [1.165, 1.54) is 12.1 Å². The first kappa shape index (κ1) is 15.9. The molecule has 1 aromatic rings. The van der Waals surface area contributed by atoms with Gasteiger partial charge in [0, 0.05) is 31.3 Å². The Morgan fingerprint density at radius 3 is 2.75 bits per heavy atom. The van der Waals surface area contributed by atoms with Crippen molar-refractivity contribution in [3.8, 4) is 0 Å². The number of methoxy groups -OCH3 is 1. The fourth-order valence-corrected chi connectivity index (χ4v) is 1.76. The van der Waals surface area contributed by atoms with E-state index in [2.05, 4.69) is 10.6 Å². The summed E-state index contributed by atoms with van der Waals surface area (Å²) >= 11 is 0. The smallest absolute Gasteiger partial charge is 0.293 e. The topological polar surface area (TPSA) is 93.5 Å². The van der Waals surface area contributed by atoms with Crippen LogP contribution in [0.1, 0.15) is 24.2 Å². The summed E-state index contributed by atoms with van der Waals surface area (Å²) in [6.45, 7) is 4.58. The maximum absolute atomic E-state index is 12.0. The zero-order chi connectivity index (χ0) is 15.1. The van der Waals surface area contributed by atoms with Crippen molar-refractivity contribution in [2.45, 2.75) is 19.9 Å². The molecule has 110 valence electrons. The molecule has 1 aromatic carbocycles. The van der Waals surface area contributed by atoms with Crippen LogP contribution in [0.4, 0.5) is 11.4 Å². The number of nitro benzene ring substituents is 1. The van der Waals surface area contributed by atoms with Gasteiger partial charge in [-0.3, -0.25) is 14.9 Å². The van der Waals surface area contributed by atoms with Crippen molar-refractivity contribution in [2.75, 3.05) is 25.6 Å². The molecule has 0 aliphatic heterocycles. The van der Waals surface area contributed by atoms with Crippen LogP contribution in [0.25, 0.3) is 0 Å². The molecule has 1 amide bonds. The highest BCUT2D eigenvalue weighted by atomic mass is 16.6. The van der Waals surface area contributed by atoms with Crippen LogP contribution in [-0.2, 0) is 4.74 Å². The van der Waals surface area contributed by atoms with Gasteiger partial charge < -0.3 is 15.4 Å². The molecule has 7 nitrogen and oxygen atoms in total. The number of nitro groups is 1. The fraction of sp³-hybridized carbons (Fsp3) is 0.462. The molecule has 0 aliphatic carbocycles. The lowest BCUT2D eigenvalue weighted by Crippen LogP contribution is -2.35. The normalized spacial score (nSPS) is 11.8. The largest absolute Gasteiger partial charge is 0.383 e. The van der Waals surface area contributed by atoms with E-state index in [1.807, 2.05) is 6.92 Å². The number of carbonyl (C=O) groups excluding carboxylic acids is 1. The van der Waals surface area contributed by atoms with Gasteiger partial charge >= 0.3 is 0 Å². The molecule has 0 saturated carbocycles. The van der Waals surface area contributed by atoms with Crippen LogP contribution >= 0.6 is 0 Å². The molecule has 0 aliphatic rings. The average Bonchev–Trinajstić information content (AvgIpc) is 2.39. The summed E-state index contributed by atoms with van der Waals surface area (Å²) < 4.78 is 4.92. The van der Waals surface area contributed by atoms with Crippen molar-refractivity contribution in [3.63, 3.8) is 0 Å². The van der Waals surface area contributed by atoms with E-state index < -0.39 is 4.92 Å². The number of rotatable bonds is 7. The van der Waals surface area contributed by atoms with Gasteiger partial charge in [-0.15, -0.1) is 0 Å². The van der Waals surface area contributed by atoms with E-state index >= 15 is 0 Å². The highest BCUT2D eigenvalue weighted by Gasteiger charge is 2.18. The van der Waals surface area contributed by atoms with Crippen molar-refractivity contribution < 1.29 is 14.5 Å². The summed E-state index contributed by atoms with van der Waals surface area (Å²) in [4.78, 5) is 22.5. The number of nitrogens with one attached hydrogen (secondary N) is 2. The van der Waals surface area contributed by atoms with Crippen LogP contribution in [0.3, 0.4) is 0 Å². The molecule has 1 rings (SSSR count). The monoisotopic (exact) mass is 281 g/mol. The van der Waals surface area contributed by atoms with Crippen LogP contribution in [0.5, 0.6) is 0 Å². The van der Waals surface area contributed by atoms with E-state index in [1.54, 1.807) is 20.1 Å². The first-order chi connectivity index (χ1) is 9.49. The standard InChI is InChI=1S/C13H19N3O4/c1-4-14-11-6-5-10(7-12(11)16(18)19)13(17)15-9(2)8-20-3/h5-7,9,14H,4,8H2,1-3H3,(H,15,17). The van der Waals surface area contributed by atoms with Gasteiger partial charge in [0.15, 0.2) is 0 Å². The number of amides is 1.